The molecule has 0 amide bonds. The highest BCUT2D eigenvalue weighted by Crippen LogP contribution is 2.23. The minimum atomic E-state index is -3.63. The lowest BCUT2D eigenvalue weighted by atomic mass is 10.0. The molecule has 158 valence electrons. The fourth-order valence-corrected chi connectivity index (χ4v) is 4.63. The van der Waals surface area contributed by atoms with Crippen molar-refractivity contribution in [3.63, 3.8) is 0 Å². The number of rotatable bonds is 8. The summed E-state index contributed by atoms with van der Waals surface area (Å²) >= 11 is 0. The van der Waals surface area contributed by atoms with Gasteiger partial charge in [0.15, 0.2) is 5.78 Å². The van der Waals surface area contributed by atoms with Crippen molar-refractivity contribution in [2.24, 2.45) is 0 Å². The molecule has 0 fully saturated rings. The molecule has 4 aromatic rings. The van der Waals surface area contributed by atoms with Crippen LogP contribution in [0.1, 0.15) is 27.9 Å². The number of imidazole rings is 1. The molecular weight excluding hydrogens is 414 g/mol. The smallest absolute Gasteiger partial charge is 0.233 e. The van der Waals surface area contributed by atoms with Crippen molar-refractivity contribution in [1.29, 1.82) is 0 Å². The summed E-state index contributed by atoms with van der Waals surface area (Å²) in [5, 5.41) is 0. The maximum atomic E-state index is 12.9. The Labute approximate surface area is 180 Å². The van der Waals surface area contributed by atoms with Crippen molar-refractivity contribution in [2.75, 3.05) is 7.11 Å². The molecule has 0 aliphatic rings. The summed E-state index contributed by atoms with van der Waals surface area (Å²) in [5.74, 6) is 0.510. The Kier molecular flexibility index (Phi) is 5.92. The number of carbonyl (C=O) groups excluding carboxylic acids is 1. The Morgan fingerprint density at radius 1 is 1.03 bits per heavy atom. The van der Waals surface area contributed by atoms with E-state index in [2.05, 4.69) is 9.97 Å². The predicted molar refractivity (Wildman–Crippen MR) is 115 cm³/mol. The maximum absolute atomic E-state index is 12.9. The Morgan fingerprint density at radius 3 is 2.61 bits per heavy atom. The van der Waals surface area contributed by atoms with E-state index in [4.69, 9.17) is 4.74 Å². The number of Topliss-reactive ketones (excluding diaryl/α,β-unsaturated/α-hetero) is 1. The molecule has 0 saturated heterocycles. The number of benzene rings is 2. The van der Waals surface area contributed by atoms with E-state index in [1.807, 2.05) is 6.07 Å². The van der Waals surface area contributed by atoms with Gasteiger partial charge in [0.2, 0.25) is 15.6 Å². The Morgan fingerprint density at radius 2 is 1.84 bits per heavy atom. The summed E-state index contributed by atoms with van der Waals surface area (Å²) in [5.41, 5.74) is 2.19. The Hall–Kier alpha value is -3.36. The Bertz CT molecular complexity index is 1330. The van der Waals surface area contributed by atoms with Gasteiger partial charge in [0.1, 0.15) is 0 Å². The largest absolute Gasteiger partial charge is 0.380 e. The number of carbonyl (C=O) groups is 1. The molecule has 0 spiro atoms. The molecule has 0 aliphatic heterocycles. The van der Waals surface area contributed by atoms with Crippen LogP contribution in [0.2, 0.25) is 0 Å². The van der Waals surface area contributed by atoms with Gasteiger partial charge in [-0.3, -0.25) is 9.20 Å². The van der Waals surface area contributed by atoms with Gasteiger partial charge in [-0.15, -0.1) is 0 Å². The van der Waals surface area contributed by atoms with E-state index in [1.165, 1.54) is 6.20 Å². The van der Waals surface area contributed by atoms with Crippen LogP contribution < -0.4 is 0 Å². The number of methoxy groups -OCH3 is 1. The summed E-state index contributed by atoms with van der Waals surface area (Å²) in [7, 11) is -2.06. The quantitative estimate of drug-likeness (QED) is 0.393. The molecule has 2 aromatic heterocycles. The van der Waals surface area contributed by atoms with Crippen LogP contribution in [0.3, 0.4) is 0 Å². The summed E-state index contributed by atoms with van der Waals surface area (Å²) < 4.78 is 32.6. The average Bonchev–Trinajstić information content (AvgIpc) is 3.26. The van der Waals surface area contributed by atoms with Crippen molar-refractivity contribution in [3.8, 4) is 0 Å². The van der Waals surface area contributed by atoms with Crippen LogP contribution in [-0.2, 0) is 27.6 Å². The van der Waals surface area contributed by atoms with E-state index < -0.39 is 9.84 Å². The van der Waals surface area contributed by atoms with Crippen molar-refractivity contribution >= 4 is 21.4 Å². The molecule has 0 bridgehead atoms. The van der Waals surface area contributed by atoms with Crippen LogP contribution in [0, 0.1) is 0 Å². The lowest BCUT2D eigenvalue weighted by molar-refractivity contribution is 0.0982. The first-order valence-corrected chi connectivity index (χ1v) is 11.2. The van der Waals surface area contributed by atoms with Crippen molar-refractivity contribution < 1.29 is 17.9 Å². The van der Waals surface area contributed by atoms with E-state index in [9.17, 15) is 13.2 Å². The predicted octanol–water partition coefficient (Wildman–Crippen LogP) is 3.52. The van der Waals surface area contributed by atoms with Crippen molar-refractivity contribution in [1.82, 2.24) is 14.4 Å². The molecule has 0 aliphatic carbocycles. The molecule has 31 heavy (non-hydrogen) atoms. The van der Waals surface area contributed by atoms with Crippen LogP contribution >= 0.6 is 0 Å². The zero-order chi connectivity index (χ0) is 21.8. The van der Waals surface area contributed by atoms with Crippen LogP contribution in [-0.4, -0.2) is 35.7 Å². The third-order valence-corrected chi connectivity index (χ3v) is 6.73. The van der Waals surface area contributed by atoms with Crippen LogP contribution in [0.5, 0.6) is 0 Å². The van der Waals surface area contributed by atoms with E-state index in [0.717, 1.165) is 11.1 Å². The van der Waals surface area contributed by atoms with Crippen molar-refractivity contribution in [3.05, 3.63) is 90.0 Å². The third-order valence-electron chi connectivity index (χ3n) is 4.96. The second kappa shape index (κ2) is 8.79. The molecule has 0 unspecified atom stereocenters. The van der Waals surface area contributed by atoms with E-state index in [0.29, 0.717) is 30.8 Å². The highest BCUT2D eigenvalue weighted by atomic mass is 32.2. The van der Waals surface area contributed by atoms with Gasteiger partial charge in [-0.25, -0.2) is 18.4 Å². The van der Waals surface area contributed by atoms with Gasteiger partial charge in [-0.2, -0.15) is 0 Å². The molecule has 2 aromatic carbocycles. The highest BCUT2D eigenvalue weighted by Gasteiger charge is 2.18. The molecule has 0 atom stereocenters. The van der Waals surface area contributed by atoms with Gasteiger partial charge >= 0.3 is 0 Å². The summed E-state index contributed by atoms with van der Waals surface area (Å²) in [6.45, 7) is 0.347. The van der Waals surface area contributed by atoms with Crippen LogP contribution in [0.25, 0.3) is 5.78 Å². The lowest BCUT2D eigenvalue weighted by Crippen LogP contribution is -2.05. The number of fused-ring (bicyclic) bond motifs is 1. The molecule has 4 rings (SSSR count). The topological polar surface area (TPSA) is 90.6 Å². The summed E-state index contributed by atoms with van der Waals surface area (Å²) in [6.07, 6.45) is 7.41. The monoisotopic (exact) mass is 435 g/mol. The van der Waals surface area contributed by atoms with Gasteiger partial charge in [-0.05, 0) is 41.8 Å². The van der Waals surface area contributed by atoms with Crippen LogP contribution in [0.4, 0.5) is 0 Å². The number of hydrogen-bond acceptors (Lipinski definition) is 6. The summed E-state index contributed by atoms with van der Waals surface area (Å²) in [6, 6.07) is 13.4. The van der Waals surface area contributed by atoms with Crippen LogP contribution in [0.15, 0.2) is 83.1 Å². The van der Waals surface area contributed by atoms with Gasteiger partial charge in [-0.1, -0.05) is 24.3 Å². The SMILES string of the molecule is COCc1cccc(S(=O)(=O)c2ccc(CCC(=O)c3cnc4nccn4c3)cc2)c1. The molecule has 2 heterocycles. The fourth-order valence-electron chi connectivity index (χ4n) is 3.30. The number of nitrogens with zero attached hydrogens (tertiary/aromatic N) is 3. The van der Waals surface area contributed by atoms with Gasteiger partial charge in [0, 0.05) is 38.3 Å². The first-order valence-electron chi connectivity index (χ1n) is 9.71. The number of hydrogen-bond donors (Lipinski definition) is 0. The molecule has 0 radical (unpaired) electrons. The minimum Gasteiger partial charge on any atom is -0.380 e. The normalized spacial score (nSPS) is 11.6. The fraction of sp³-hybridized carbons (Fsp3) is 0.174. The lowest BCUT2D eigenvalue weighted by Gasteiger charge is -2.08. The molecule has 8 heteroatoms. The van der Waals surface area contributed by atoms with Gasteiger partial charge < -0.3 is 4.74 Å². The third kappa shape index (κ3) is 4.55. The first-order chi connectivity index (χ1) is 15.0. The zero-order valence-corrected chi connectivity index (χ0v) is 17.7. The number of ether oxygens (including phenoxy) is 1. The number of aromatic nitrogens is 3. The van der Waals surface area contributed by atoms with E-state index in [1.54, 1.807) is 72.6 Å². The number of ketones is 1. The highest BCUT2D eigenvalue weighted by molar-refractivity contribution is 7.91. The molecule has 7 nitrogen and oxygen atoms in total. The summed E-state index contributed by atoms with van der Waals surface area (Å²) in [4.78, 5) is 21.2. The molecule has 0 N–H and O–H groups in total. The van der Waals surface area contributed by atoms with Gasteiger partial charge in [0.25, 0.3) is 0 Å². The standard InChI is InChI=1S/C23H21N3O4S/c1-30-16-18-3-2-4-21(13-18)31(28,29)20-8-5-17(6-9-20)7-10-22(27)19-14-25-23-24-11-12-26(23)15-19/h2-6,8-9,11-15H,7,10,16H2,1H3. The minimum absolute atomic E-state index is 0.0326. The zero-order valence-electron chi connectivity index (χ0n) is 16.9. The number of aryl methyl sites for hydroxylation is 1. The van der Waals surface area contributed by atoms with Gasteiger partial charge in [0.05, 0.1) is 22.0 Å². The van der Waals surface area contributed by atoms with E-state index in [-0.39, 0.29) is 15.6 Å². The molecule has 0 saturated carbocycles. The average molecular weight is 436 g/mol. The second-order valence-electron chi connectivity index (χ2n) is 7.13. The van der Waals surface area contributed by atoms with Crippen molar-refractivity contribution in [2.45, 2.75) is 29.2 Å². The van der Waals surface area contributed by atoms with E-state index >= 15 is 0 Å². The molecular formula is C23H21N3O4S. The maximum Gasteiger partial charge on any atom is 0.233 e. The Balaban J connectivity index is 1.45. The second-order valence-corrected chi connectivity index (χ2v) is 9.08. The first kappa shape index (κ1) is 20.9. The number of sulfone groups is 1.